The third kappa shape index (κ3) is 4.19. The van der Waals surface area contributed by atoms with Crippen LogP contribution in [-0.2, 0) is 16.8 Å². The lowest BCUT2D eigenvalue weighted by Gasteiger charge is -2.18. The van der Waals surface area contributed by atoms with Gasteiger partial charge in [-0.2, -0.15) is 18.0 Å². The van der Waals surface area contributed by atoms with Crippen molar-refractivity contribution in [1.29, 1.82) is 5.26 Å². The Morgan fingerprint density at radius 1 is 1.21 bits per heavy atom. The Morgan fingerprint density at radius 2 is 1.88 bits per heavy atom. The summed E-state index contributed by atoms with van der Waals surface area (Å²) in [4.78, 5) is 12.3. The van der Waals surface area contributed by atoms with Crippen LogP contribution in [0.5, 0.6) is 0 Å². The van der Waals surface area contributed by atoms with E-state index in [0.717, 1.165) is 9.87 Å². The second kappa shape index (κ2) is 7.25. The van der Waals surface area contributed by atoms with Crippen molar-refractivity contribution in [3.63, 3.8) is 0 Å². The van der Waals surface area contributed by atoms with Crippen LogP contribution in [0, 0.1) is 18.3 Å². The van der Waals surface area contributed by atoms with E-state index in [1.54, 1.807) is 31.2 Å². The molecule has 0 saturated heterocycles. The van der Waals surface area contributed by atoms with E-state index in [-0.39, 0.29) is 12.1 Å². The van der Waals surface area contributed by atoms with Crippen LogP contribution in [0.25, 0.3) is 0 Å². The number of nitriles is 1. The van der Waals surface area contributed by atoms with E-state index >= 15 is 0 Å². The quantitative estimate of drug-likeness (QED) is 0.899. The summed E-state index contributed by atoms with van der Waals surface area (Å²) in [5.41, 5.74) is 1.85. The molecule has 0 atom stereocenters. The van der Waals surface area contributed by atoms with Crippen LogP contribution in [0.3, 0.4) is 0 Å². The van der Waals surface area contributed by atoms with Crippen molar-refractivity contribution in [3.8, 4) is 6.07 Å². The van der Waals surface area contributed by atoms with Crippen LogP contribution in [-0.4, -0.2) is 25.7 Å². The smallest absolute Gasteiger partial charge is 0.268 e. The lowest BCUT2D eigenvalue weighted by atomic mass is 10.1. The molecule has 6 nitrogen and oxygen atoms in total. The van der Waals surface area contributed by atoms with Gasteiger partial charge in [0.2, 0.25) is 0 Å². The molecule has 124 valence electrons. The molecule has 0 heterocycles. The molecule has 2 aromatic carbocycles. The summed E-state index contributed by atoms with van der Waals surface area (Å²) in [5.74, 6) is -0.760. The minimum Gasteiger partial charge on any atom is -0.268 e. The average Bonchev–Trinajstić information content (AvgIpc) is 2.55. The molecule has 0 fully saturated rings. The maximum atomic E-state index is 12.3. The first-order valence-electron chi connectivity index (χ1n) is 7.16. The molecule has 0 bridgehead atoms. The van der Waals surface area contributed by atoms with E-state index < -0.39 is 16.1 Å². The average molecular weight is 343 g/mol. The van der Waals surface area contributed by atoms with Gasteiger partial charge < -0.3 is 0 Å². The van der Waals surface area contributed by atoms with Gasteiger partial charge in [-0.1, -0.05) is 36.4 Å². The predicted molar refractivity (Wildman–Crippen MR) is 90.2 cm³/mol. The molecule has 0 unspecified atom stereocenters. The first-order valence-corrected chi connectivity index (χ1v) is 8.60. The Labute approximate surface area is 141 Å². The number of carbonyl (C=O) groups excluding carboxylic acids is 1. The SMILES string of the molecule is Cc1ccc(C#N)cc1C(=O)NS(=O)(=O)N(C)Cc1ccccc1. The molecule has 0 radical (unpaired) electrons. The summed E-state index contributed by atoms with van der Waals surface area (Å²) in [6, 6.07) is 15.5. The molecule has 7 heteroatoms. The van der Waals surface area contributed by atoms with Gasteiger partial charge in [0.05, 0.1) is 11.6 Å². The van der Waals surface area contributed by atoms with Crippen LogP contribution in [0.4, 0.5) is 0 Å². The van der Waals surface area contributed by atoms with Gasteiger partial charge in [-0.15, -0.1) is 0 Å². The van der Waals surface area contributed by atoms with Gasteiger partial charge in [0.25, 0.3) is 5.91 Å². The zero-order valence-electron chi connectivity index (χ0n) is 13.4. The van der Waals surface area contributed by atoms with Crippen molar-refractivity contribution in [3.05, 3.63) is 70.8 Å². The Kier molecular flexibility index (Phi) is 5.34. The van der Waals surface area contributed by atoms with Crippen molar-refractivity contribution >= 4 is 16.1 Å². The molecule has 24 heavy (non-hydrogen) atoms. The number of rotatable bonds is 5. The second-order valence-electron chi connectivity index (χ2n) is 5.32. The minimum absolute atomic E-state index is 0.140. The molecule has 1 amide bonds. The zero-order chi connectivity index (χ0) is 17.7. The molecule has 1 N–H and O–H groups in total. The predicted octanol–water partition coefficient (Wildman–Crippen LogP) is 1.97. The fourth-order valence-electron chi connectivity index (χ4n) is 2.11. The van der Waals surface area contributed by atoms with Gasteiger partial charge >= 0.3 is 10.2 Å². The summed E-state index contributed by atoms with van der Waals surface area (Å²) in [6.07, 6.45) is 0. The lowest BCUT2D eigenvalue weighted by Crippen LogP contribution is -2.41. The van der Waals surface area contributed by atoms with Crippen molar-refractivity contribution in [2.75, 3.05) is 7.05 Å². The number of hydrogen-bond acceptors (Lipinski definition) is 4. The van der Waals surface area contributed by atoms with Gasteiger partial charge in [0, 0.05) is 19.2 Å². The molecule has 2 aromatic rings. The van der Waals surface area contributed by atoms with Crippen molar-refractivity contribution in [2.45, 2.75) is 13.5 Å². The molecule has 0 aliphatic rings. The van der Waals surface area contributed by atoms with E-state index in [2.05, 4.69) is 0 Å². The molecule has 0 spiro atoms. The van der Waals surface area contributed by atoms with Crippen LogP contribution in [0.15, 0.2) is 48.5 Å². The highest BCUT2D eigenvalue weighted by Gasteiger charge is 2.22. The highest BCUT2D eigenvalue weighted by Crippen LogP contribution is 2.12. The zero-order valence-corrected chi connectivity index (χ0v) is 14.2. The normalized spacial score (nSPS) is 11.1. The molecular weight excluding hydrogens is 326 g/mol. The molecule has 0 aromatic heterocycles. The standard InChI is InChI=1S/C17H17N3O3S/c1-13-8-9-15(11-18)10-16(13)17(21)19-24(22,23)20(2)12-14-6-4-3-5-7-14/h3-10H,12H2,1-2H3,(H,19,21). The number of nitrogens with one attached hydrogen (secondary N) is 1. The van der Waals surface area contributed by atoms with Gasteiger partial charge in [-0.05, 0) is 30.2 Å². The largest absolute Gasteiger partial charge is 0.304 e. The minimum atomic E-state index is -3.99. The monoisotopic (exact) mass is 343 g/mol. The van der Waals surface area contributed by atoms with E-state index in [0.29, 0.717) is 11.1 Å². The maximum Gasteiger partial charge on any atom is 0.304 e. The molecular formula is C17H17N3O3S. The third-order valence-electron chi connectivity index (χ3n) is 3.49. The summed E-state index contributed by atoms with van der Waals surface area (Å²) >= 11 is 0. The van der Waals surface area contributed by atoms with Crippen molar-refractivity contribution in [2.24, 2.45) is 0 Å². The van der Waals surface area contributed by atoms with Crippen molar-refractivity contribution in [1.82, 2.24) is 9.03 Å². The Bertz CT molecular complexity index is 887. The summed E-state index contributed by atoms with van der Waals surface area (Å²) in [5, 5.41) is 8.91. The fourth-order valence-corrected chi connectivity index (χ4v) is 2.93. The number of nitrogens with zero attached hydrogens (tertiary/aromatic N) is 2. The van der Waals surface area contributed by atoms with Crippen LogP contribution >= 0.6 is 0 Å². The van der Waals surface area contributed by atoms with Crippen LogP contribution in [0.1, 0.15) is 27.0 Å². The second-order valence-corrected chi connectivity index (χ2v) is 7.10. The topological polar surface area (TPSA) is 90.3 Å². The summed E-state index contributed by atoms with van der Waals surface area (Å²) in [6.45, 7) is 1.82. The van der Waals surface area contributed by atoms with E-state index in [1.807, 2.05) is 29.0 Å². The number of hydrogen-bond donors (Lipinski definition) is 1. The summed E-state index contributed by atoms with van der Waals surface area (Å²) < 4.78 is 27.7. The highest BCUT2D eigenvalue weighted by molar-refractivity contribution is 7.87. The third-order valence-corrected chi connectivity index (χ3v) is 4.88. The Hall–Kier alpha value is -2.69. The molecule has 0 saturated carbocycles. The summed E-state index contributed by atoms with van der Waals surface area (Å²) in [7, 11) is -2.60. The number of amides is 1. The maximum absolute atomic E-state index is 12.3. The van der Waals surface area contributed by atoms with Crippen LogP contribution in [0.2, 0.25) is 0 Å². The van der Waals surface area contributed by atoms with E-state index in [9.17, 15) is 13.2 Å². The van der Waals surface area contributed by atoms with Gasteiger partial charge in [0.15, 0.2) is 0 Å². The number of carbonyl (C=O) groups is 1. The molecule has 0 aliphatic heterocycles. The Balaban J connectivity index is 2.17. The van der Waals surface area contributed by atoms with Crippen LogP contribution < -0.4 is 4.72 Å². The fraction of sp³-hybridized carbons (Fsp3) is 0.176. The van der Waals surface area contributed by atoms with Crippen molar-refractivity contribution < 1.29 is 13.2 Å². The van der Waals surface area contributed by atoms with Gasteiger partial charge in [0.1, 0.15) is 0 Å². The molecule has 0 aliphatic carbocycles. The first-order chi connectivity index (χ1) is 11.3. The van der Waals surface area contributed by atoms with E-state index in [1.165, 1.54) is 13.1 Å². The number of aryl methyl sites for hydroxylation is 1. The van der Waals surface area contributed by atoms with E-state index in [4.69, 9.17) is 5.26 Å². The highest BCUT2D eigenvalue weighted by atomic mass is 32.2. The molecule has 2 rings (SSSR count). The lowest BCUT2D eigenvalue weighted by molar-refractivity contribution is 0.0978. The van der Waals surface area contributed by atoms with Gasteiger partial charge in [-0.25, -0.2) is 4.72 Å². The Morgan fingerprint density at radius 3 is 2.50 bits per heavy atom. The number of benzene rings is 2. The van der Waals surface area contributed by atoms with Gasteiger partial charge in [-0.3, -0.25) is 4.79 Å². The first kappa shape index (κ1) is 17.7.